The van der Waals surface area contributed by atoms with Gasteiger partial charge in [-0.15, -0.1) is 0 Å². The molecule has 5 heteroatoms. The predicted octanol–water partition coefficient (Wildman–Crippen LogP) is 3.20. The summed E-state index contributed by atoms with van der Waals surface area (Å²) in [7, 11) is 0. The summed E-state index contributed by atoms with van der Waals surface area (Å²) in [6.07, 6.45) is 0.710. The van der Waals surface area contributed by atoms with Crippen LogP contribution >= 0.6 is 0 Å². The highest BCUT2D eigenvalue weighted by Crippen LogP contribution is 2.34. The maximum Gasteiger partial charge on any atom is 0.251 e. The van der Waals surface area contributed by atoms with Crippen LogP contribution in [0.15, 0.2) is 48.5 Å². The Morgan fingerprint density at radius 3 is 2.58 bits per heavy atom. The Bertz CT molecular complexity index is 750. The number of hydrogen-bond acceptors (Lipinski definition) is 3. The molecule has 1 aliphatic rings. The van der Waals surface area contributed by atoms with Crippen molar-refractivity contribution in [3.8, 4) is 6.07 Å². The van der Waals surface area contributed by atoms with Crippen LogP contribution in [0.2, 0.25) is 0 Å². The Hall–Kier alpha value is -2.71. The highest BCUT2D eigenvalue weighted by atomic mass is 19.1. The Balaban J connectivity index is 1.61. The highest BCUT2D eigenvalue weighted by molar-refractivity contribution is 5.94. The van der Waals surface area contributed by atoms with Crippen LogP contribution in [0.4, 0.5) is 4.39 Å². The van der Waals surface area contributed by atoms with E-state index in [1.54, 1.807) is 36.4 Å². The Kier molecular flexibility index (Phi) is 4.88. The van der Waals surface area contributed by atoms with E-state index < -0.39 is 0 Å². The predicted molar refractivity (Wildman–Crippen MR) is 86.7 cm³/mol. The van der Waals surface area contributed by atoms with E-state index in [4.69, 9.17) is 10.00 Å². The fourth-order valence-corrected chi connectivity index (χ4v) is 2.89. The van der Waals surface area contributed by atoms with Crippen LogP contribution < -0.4 is 5.32 Å². The van der Waals surface area contributed by atoms with Gasteiger partial charge in [-0.2, -0.15) is 5.26 Å². The molecule has 0 aliphatic carbocycles. The molecular weight excluding hydrogens is 307 g/mol. The molecule has 1 aliphatic heterocycles. The molecule has 0 aromatic heterocycles. The first-order valence-electron chi connectivity index (χ1n) is 7.83. The molecule has 24 heavy (non-hydrogen) atoms. The van der Waals surface area contributed by atoms with Crippen LogP contribution in [0.3, 0.4) is 0 Å². The second kappa shape index (κ2) is 7.24. The number of nitrogens with one attached hydrogen (secondary N) is 1. The summed E-state index contributed by atoms with van der Waals surface area (Å²) in [6, 6.07) is 14.8. The summed E-state index contributed by atoms with van der Waals surface area (Å²) in [4.78, 5) is 12.2. The number of carbonyl (C=O) groups is 1. The van der Waals surface area contributed by atoms with Crippen molar-refractivity contribution in [1.82, 2.24) is 5.32 Å². The maximum atomic E-state index is 13.0. The monoisotopic (exact) mass is 324 g/mol. The molecule has 4 nitrogen and oxygen atoms in total. The molecule has 3 rings (SSSR count). The topological polar surface area (TPSA) is 62.1 Å². The standard InChI is InChI=1S/C19H17FN2O2/c20-17-7-5-14(6-8-17)18-16(9-10-24-18)12-22-19(23)15-3-1-13(11-21)2-4-15/h1-8,16,18H,9-10,12H2,(H,22,23)/t16-,18-/m0/s1. The Morgan fingerprint density at radius 2 is 1.92 bits per heavy atom. The van der Waals surface area contributed by atoms with Gasteiger partial charge in [0.25, 0.3) is 5.91 Å². The zero-order valence-electron chi connectivity index (χ0n) is 13.0. The van der Waals surface area contributed by atoms with Gasteiger partial charge in [0, 0.05) is 24.6 Å². The summed E-state index contributed by atoms with van der Waals surface area (Å²) in [5, 5.41) is 11.7. The number of ether oxygens (including phenoxy) is 1. The lowest BCUT2D eigenvalue weighted by Gasteiger charge is -2.19. The largest absolute Gasteiger partial charge is 0.373 e. The molecule has 0 bridgehead atoms. The van der Waals surface area contributed by atoms with Crippen LogP contribution in [0.5, 0.6) is 0 Å². The van der Waals surface area contributed by atoms with Crippen molar-refractivity contribution < 1.29 is 13.9 Å². The first-order valence-corrected chi connectivity index (χ1v) is 7.83. The van der Waals surface area contributed by atoms with Crippen molar-refractivity contribution in [3.05, 3.63) is 71.0 Å². The molecule has 2 atom stereocenters. The van der Waals surface area contributed by atoms with E-state index in [0.717, 1.165) is 12.0 Å². The average Bonchev–Trinajstić information content (AvgIpc) is 3.09. The SMILES string of the molecule is N#Cc1ccc(C(=O)NC[C@@H]2CCO[C@H]2c2ccc(F)cc2)cc1. The number of carbonyl (C=O) groups excluding carboxylic acids is 1. The molecule has 1 amide bonds. The number of benzene rings is 2. The smallest absolute Gasteiger partial charge is 0.251 e. The third-order valence-corrected chi connectivity index (χ3v) is 4.21. The molecule has 0 unspecified atom stereocenters. The number of nitriles is 1. The number of rotatable bonds is 4. The van der Waals surface area contributed by atoms with Crippen LogP contribution in [0.25, 0.3) is 0 Å². The molecule has 122 valence electrons. The Labute approximate surface area is 139 Å². The van der Waals surface area contributed by atoms with Gasteiger partial charge < -0.3 is 10.1 Å². The fraction of sp³-hybridized carbons (Fsp3) is 0.263. The summed E-state index contributed by atoms with van der Waals surface area (Å²) < 4.78 is 18.8. The second-order valence-electron chi connectivity index (χ2n) is 5.79. The molecule has 0 radical (unpaired) electrons. The fourth-order valence-electron chi connectivity index (χ4n) is 2.89. The Morgan fingerprint density at radius 1 is 1.21 bits per heavy atom. The third kappa shape index (κ3) is 3.61. The number of amides is 1. The van der Waals surface area contributed by atoms with E-state index in [0.29, 0.717) is 24.3 Å². The number of halogens is 1. The number of hydrogen-bond donors (Lipinski definition) is 1. The molecule has 2 aromatic carbocycles. The van der Waals surface area contributed by atoms with Gasteiger partial charge in [-0.3, -0.25) is 4.79 Å². The van der Waals surface area contributed by atoms with Gasteiger partial charge in [0.1, 0.15) is 5.82 Å². The second-order valence-corrected chi connectivity index (χ2v) is 5.79. The van der Waals surface area contributed by atoms with E-state index in [1.807, 2.05) is 6.07 Å². The average molecular weight is 324 g/mol. The lowest BCUT2D eigenvalue weighted by molar-refractivity contribution is 0.0846. The molecule has 1 saturated heterocycles. The summed E-state index contributed by atoms with van der Waals surface area (Å²) >= 11 is 0. The van der Waals surface area contributed by atoms with Gasteiger partial charge in [-0.1, -0.05) is 12.1 Å². The normalized spacial score (nSPS) is 19.7. The maximum absolute atomic E-state index is 13.0. The van der Waals surface area contributed by atoms with Gasteiger partial charge in [-0.25, -0.2) is 4.39 Å². The van der Waals surface area contributed by atoms with E-state index in [2.05, 4.69) is 5.32 Å². The minimum Gasteiger partial charge on any atom is -0.373 e. The van der Waals surface area contributed by atoms with E-state index in [-0.39, 0.29) is 23.7 Å². The zero-order valence-corrected chi connectivity index (χ0v) is 13.0. The van der Waals surface area contributed by atoms with E-state index in [1.165, 1.54) is 12.1 Å². The molecule has 1 fully saturated rings. The first-order chi connectivity index (χ1) is 11.7. The van der Waals surface area contributed by atoms with Crippen molar-refractivity contribution in [1.29, 1.82) is 5.26 Å². The molecule has 0 saturated carbocycles. The van der Waals surface area contributed by atoms with Crippen LogP contribution in [0, 0.1) is 23.1 Å². The lowest BCUT2D eigenvalue weighted by Crippen LogP contribution is -2.30. The summed E-state index contributed by atoms with van der Waals surface area (Å²) in [5.41, 5.74) is 1.96. The molecule has 1 heterocycles. The van der Waals surface area contributed by atoms with E-state index >= 15 is 0 Å². The third-order valence-electron chi connectivity index (χ3n) is 4.21. The summed E-state index contributed by atoms with van der Waals surface area (Å²) in [5.74, 6) is -0.301. The van der Waals surface area contributed by atoms with Gasteiger partial charge in [0.15, 0.2) is 0 Å². The molecular formula is C19H17FN2O2. The quantitative estimate of drug-likeness (QED) is 0.939. The minimum absolute atomic E-state index is 0.133. The van der Waals surface area contributed by atoms with Gasteiger partial charge in [0.2, 0.25) is 0 Å². The van der Waals surface area contributed by atoms with Crippen LogP contribution in [-0.4, -0.2) is 19.1 Å². The lowest BCUT2D eigenvalue weighted by atomic mass is 9.95. The zero-order chi connectivity index (χ0) is 16.9. The van der Waals surface area contributed by atoms with Gasteiger partial charge in [0.05, 0.1) is 17.7 Å². The number of nitrogens with zero attached hydrogens (tertiary/aromatic N) is 1. The van der Waals surface area contributed by atoms with Gasteiger partial charge >= 0.3 is 0 Å². The highest BCUT2D eigenvalue weighted by Gasteiger charge is 2.29. The van der Waals surface area contributed by atoms with Gasteiger partial charge in [-0.05, 0) is 48.4 Å². The van der Waals surface area contributed by atoms with E-state index in [9.17, 15) is 9.18 Å². The minimum atomic E-state index is -0.276. The van der Waals surface area contributed by atoms with Crippen molar-refractivity contribution in [2.75, 3.05) is 13.2 Å². The summed E-state index contributed by atoms with van der Waals surface area (Å²) in [6.45, 7) is 1.11. The van der Waals surface area contributed by atoms with Crippen molar-refractivity contribution >= 4 is 5.91 Å². The van der Waals surface area contributed by atoms with Crippen LogP contribution in [0.1, 0.15) is 34.0 Å². The first kappa shape index (κ1) is 16.2. The molecule has 1 N–H and O–H groups in total. The van der Waals surface area contributed by atoms with Crippen molar-refractivity contribution in [2.45, 2.75) is 12.5 Å². The van der Waals surface area contributed by atoms with Crippen LogP contribution in [-0.2, 0) is 4.74 Å². The molecule has 2 aromatic rings. The van der Waals surface area contributed by atoms with Crippen molar-refractivity contribution in [3.63, 3.8) is 0 Å². The molecule has 0 spiro atoms. The van der Waals surface area contributed by atoms with Crippen molar-refractivity contribution in [2.24, 2.45) is 5.92 Å².